The first-order valence-electron chi connectivity index (χ1n) is 11.2. The molecule has 0 fully saturated rings. The summed E-state index contributed by atoms with van der Waals surface area (Å²) in [6.07, 6.45) is 0. The summed E-state index contributed by atoms with van der Waals surface area (Å²) in [5, 5.41) is 0.898. The van der Waals surface area contributed by atoms with E-state index in [2.05, 4.69) is 0 Å². The number of rotatable bonds is 7. The maximum absolute atomic E-state index is 14.0. The minimum atomic E-state index is -0.507. The molecular formula is C28H19Cl2NO6S. The van der Waals surface area contributed by atoms with Crippen LogP contribution in [0.25, 0.3) is 10.4 Å². The third kappa shape index (κ3) is 4.20. The smallest absolute Gasteiger partial charge is 0.266 e. The lowest BCUT2D eigenvalue weighted by Crippen LogP contribution is -2.29. The van der Waals surface area contributed by atoms with Crippen molar-refractivity contribution in [1.82, 2.24) is 0 Å². The molecule has 1 aliphatic heterocycles. The minimum Gasteiger partial charge on any atom is -0.493 e. The third-order valence-electron chi connectivity index (χ3n) is 6.09. The van der Waals surface area contributed by atoms with E-state index in [-0.39, 0.29) is 38.8 Å². The summed E-state index contributed by atoms with van der Waals surface area (Å²) in [5.74, 6) is -0.554. The number of halogens is 2. The molecule has 5 rings (SSSR count). The standard InChI is InChI=1S/C28H19Cl2NO6S/c1-35-21-11-15(12-22(36-2)25(21)37-3)24(32)18-13-23(14-8-9-19(29)20(30)10-14)38-28(18)31-26(33)16-6-4-5-7-17(16)27(31)34/h4-13H,1-3H3. The van der Waals surface area contributed by atoms with Crippen molar-refractivity contribution in [3.05, 3.63) is 93.0 Å². The predicted molar refractivity (Wildman–Crippen MR) is 147 cm³/mol. The van der Waals surface area contributed by atoms with Crippen molar-refractivity contribution >= 4 is 57.1 Å². The maximum atomic E-state index is 14.0. The Bertz CT molecular complexity index is 1570. The van der Waals surface area contributed by atoms with Gasteiger partial charge in [0, 0.05) is 10.4 Å². The van der Waals surface area contributed by atoms with E-state index < -0.39 is 17.6 Å². The van der Waals surface area contributed by atoms with E-state index in [1.54, 1.807) is 48.5 Å². The molecule has 0 radical (unpaired) electrons. The number of fused-ring (bicyclic) bond motifs is 1. The Balaban J connectivity index is 1.69. The number of hydrogen-bond acceptors (Lipinski definition) is 7. The van der Waals surface area contributed by atoms with Crippen molar-refractivity contribution in [3.63, 3.8) is 0 Å². The van der Waals surface area contributed by atoms with Crippen LogP contribution in [0.3, 0.4) is 0 Å². The summed E-state index contributed by atoms with van der Waals surface area (Å²) in [6, 6.07) is 16.3. The van der Waals surface area contributed by atoms with E-state index in [0.29, 0.717) is 26.2 Å². The molecule has 2 amide bonds. The highest BCUT2D eigenvalue weighted by molar-refractivity contribution is 7.20. The Kier molecular flexibility index (Phi) is 6.88. The molecule has 0 spiro atoms. The number of benzene rings is 3. The normalized spacial score (nSPS) is 12.5. The van der Waals surface area contributed by atoms with Crippen LogP contribution in [0.5, 0.6) is 17.2 Å². The fraction of sp³-hybridized carbons (Fsp3) is 0.107. The molecule has 0 bridgehead atoms. The quantitative estimate of drug-likeness (QED) is 0.181. The number of ether oxygens (including phenoxy) is 3. The highest BCUT2D eigenvalue weighted by Crippen LogP contribution is 2.44. The van der Waals surface area contributed by atoms with Crippen molar-refractivity contribution in [3.8, 4) is 27.7 Å². The molecule has 4 aromatic rings. The SMILES string of the molecule is COc1cc(C(=O)c2cc(-c3ccc(Cl)c(Cl)c3)sc2N2C(=O)c3ccccc3C2=O)cc(OC)c1OC. The van der Waals surface area contributed by atoms with Gasteiger partial charge >= 0.3 is 0 Å². The molecular weight excluding hydrogens is 549 g/mol. The van der Waals surface area contributed by atoms with Gasteiger partial charge in [-0.2, -0.15) is 0 Å². The van der Waals surface area contributed by atoms with E-state index in [4.69, 9.17) is 37.4 Å². The van der Waals surface area contributed by atoms with Gasteiger partial charge in [-0.1, -0.05) is 41.4 Å². The fourth-order valence-corrected chi connectivity index (χ4v) is 5.69. The van der Waals surface area contributed by atoms with Gasteiger partial charge in [0.15, 0.2) is 17.3 Å². The van der Waals surface area contributed by atoms with E-state index >= 15 is 0 Å². The average Bonchev–Trinajstić information content (AvgIpc) is 3.47. The van der Waals surface area contributed by atoms with Crippen LogP contribution in [0.1, 0.15) is 36.6 Å². The number of thiophene rings is 1. The highest BCUT2D eigenvalue weighted by Gasteiger charge is 2.39. The second-order valence-corrected chi connectivity index (χ2v) is 10.0. The molecule has 0 saturated heterocycles. The Morgan fingerprint density at radius 3 is 1.92 bits per heavy atom. The number of nitrogens with zero attached hydrogens (tertiary/aromatic N) is 1. The van der Waals surface area contributed by atoms with Crippen LogP contribution in [0.4, 0.5) is 5.00 Å². The van der Waals surface area contributed by atoms with Crippen LogP contribution in [0.2, 0.25) is 10.0 Å². The Labute approximate surface area is 232 Å². The molecule has 0 N–H and O–H groups in total. The second kappa shape index (κ2) is 10.1. The average molecular weight is 568 g/mol. The molecule has 3 aromatic carbocycles. The summed E-state index contributed by atoms with van der Waals surface area (Å²) in [6.45, 7) is 0. The number of imide groups is 1. The first-order valence-corrected chi connectivity index (χ1v) is 12.8. The minimum absolute atomic E-state index is 0.153. The van der Waals surface area contributed by atoms with Gasteiger partial charge in [-0.05, 0) is 48.0 Å². The molecule has 1 aromatic heterocycles. The topological polar surface area (TPSA) is 82.1 Å². The van der Waals surface area contributed by atoms with Crippen molar-refractivity contribution in [2.75, 3.05) is 26.2 Å². The van der Waals surface area contributed by atoms with Crippen molar-refractivity contribution < 1.29 is 28.6 Å². The van der Waals surface area contributed by atoms with Crippen LogP contribution in [-0.4, -0.2) is 38.9 Å². The molecule has 1 aliphatic rings. The van der Waals surface area contributed by atoms with Gasteiger partial charge in [0.05, 0.1) is 48.1 Å². The van der Waals surface area contributed by atoms with Gasteiger partial charge in [0.25, 0.3) is 11.8 Å². The Morgan fingerprint density at radius 1 is 0.789 bits per heavy atom. The van der Waals surface area contributed by atoms with Crippen LogP contribution < -0.4 is 19.1 Å². The lowest BCUT2D eigenvalue weighted by Gasteiger charge is -2.16. The Hall–Kier alpha value is -3.85. The molecule has 0 saturated carbocycles. The van der Waals surface area contributed by atoms with Gasteiger partial charge in [0.1, 0.15) is 5.00 Å². The summed E-state index contributed by atoms with van der Waals surface area (Å²) in [5.41, 5.74) is 1.59. The second-order valence-electron chi connectivity index (χ2n) is 8.19. The maximum Gasteiger partial charge on any atom is 0.266 e. The molecule has 0 aliphatic carbocycles. The lowest BCUT2D eigenvalue weighted by molar-refractivity contribution is 0.0927. The number of ketones is 1. The van der Waals surface area contributed by atoms with Crippen LogP contribution in [0, 0.1) is 0 Å². The van der Waals surface area contributed by atoms with Gasteiger partial charge in [-0.15, -0.1) is 11.3 Å². The van der Waals surface area contributed by atoms with Crippen molar-refractivity contribution in [2.45, 2.75) is 0 Å². The third-order valence-corrected chi connectivity index (χ3v) is 7.99. The fourth-order valence-electron chi connectivity index (χ4n) is 4.24. The molecule has 10 heteroatoms. The van der Waals surface area contributed by atoms with E-state index in [0.717, 1.165) is 16.2 Å². The first-order chi connectivity index (χ1) is 18.3. The van der Waals surface area contributed by atoms with Gasteiger partial charge in [-0.25, -0.2) is 4.90 Å². The predicted octanol–water partition coefficient (Wildman–Crippen LogP) is 6.78. The van der Waals surface area contributed by atoms with E-state index in [1.807, 2.05) is 0 Å². The van der Waals surface area contributed by atoms with Crippen molar-refractivity contribution in [1.29, 1.82) is 0 Å². The largest absolute Gasteiger partial charge is 0.493 e. The van der Waals surface area contributed by atoms with E-state index in [9.17, 15) is 14.4 Å². The monoisotopic (exact) mass is 567 g/mol. The Morgan fingerprint density at radius 2 is 1.39 bits per heavy atom. The molecule has 7 nitrogen and oxygen atoms in total. The zero-order valence-corrected chi connectivity index (χ0v) is 22.7. The summed E-state index contributed by atoms with van der Waals surface area (Å²) < 4.78 is 16.2. The highest BCUT2D eigenvalue weighted by atomic mass is 35.5. The molecule has 0 atom stereocenters. The van der Waals surface area contributed by atoms with Crippen LogP contribution in [0.15, 0.2) is 60.7 Å². The van der Waals surface area contributed by atoms with Crippen LogP contribution >= 0.6 is 34.5 Å². The number of hydrogen-bond donors (Lipinski definition) is 0. The number of amides is 2. The van der Waals surface area contributed by atoms with Gasteiger partial charge in [0.2, 0.25) is 5.75 Å². The summed E-state index contributed by atoms with van der Waals surface area (Å²) in [4.78, 5) is 42.3. The number of carbonyl (C=O) groups excluding carboxylic acids is 3. The van der Waals surface area contributed by atoms with Gasteiger partial charge in [-0.3, -0.25) is 14.4 Å². The number of carbonyl (C=O) groups is 3. The molecule has 192 valence electrons. The molecule has 2 heterocycles. The zero-order chi connectivity index (χ0) is 27.1. The first kappa shape index (κ1) is 25.8. The number of methoxy groups -OCH3 is 3. The lowest BCUT2D eigenvalue weighted by atomic mass is 10.0. The number of anilines is 1. The molecule has 0 unspecified atom stereocenters. The molecule has 38 heavy (non-hydrogen) atoms. The van der Waals surface area contributed by atoms with Crippen LogP contribution in [-0.2, 0) is 0 Å². The summed E-state index contributed by atoms with van der Waals surface area (Å²) in [7, 11) is 4.36. The summed E-state index contributed by atoms with van der Waals surface area (Å²) >= 11 is 13.5. The van der Waals surface area contributed by atoms with Gasteiger partial charge < -0.3 is 14.2 Å². The zero-order valence-electron chi connectivity index (χ0n) is 20.3. The van der Waals surface area contributed by atoms with E-state index in [1.165, 1.54) is 33.5 Å². The van der Waals surface area contributed by atoms with Crippen molar-refractivity contribution in [2.24, 2.45) is 0 Å².